The molecule has 1 fully saturated rings. The molecule has 0 N–H and O–H groups in total. The van der Waals surface area contributed by atoms with Gasteiger partial charge in [0.15, 0.2) is 0 Å². The van der Waals surface area contributed by atoms with Crippen LogP contribution in [0.1, 0.15) is 25.7 Å². The molecule has 2 heteroatoms. The highest BCUT2D eigenvalue weighted by Crippen LogP contribution is 2.22. The maximum atomic E-state index is 3.98. The monoisotopic (exact) mass is 152 g/mol. The predicted molar refractivity (Wildman–Crippen MR) is 48.7 cm³/mol. The lowest BCUT2D eigenvalue weighted by Crippen LogP contribution is -2.26. The molecular formula is C9H16N2. The Morgan fingerprint density at radius 3 is 2.55 bits per heavy atom. The zero-order chi connectivity index (χ0) is 8.10. The van der Waals surface area contributed by atoms with E-state index in [1.54, 1.807) is 7.05 Å². The van der Waals surface area contributed by atoms with Crippen molar-refractivity contribution < 1.29 is 0 Å². The standard InChI is InChI=1S/C9H16N2/c1-3-11(8-10-2)9-6-4-5-7-9/h3,8-9H,1,4-7H2,2H3. The van der Waals surface area contributed by atoms with E-state index >= 15 is 0 Å². The largest absolute Gasteiger partial charge is 0.337 e. The molecule has 1 saturated carbocycles. The van der Waals surface area contributed by atoms with Crippen molar-refractivity contribution in [2.24, 2.45) is 4.99 Å². The quantitative estimate of drug-likeness (QED) is 0.446. The fourth-order valence-electron chi connectivity index (χ4n) is 1.63. The van der Waals surface area contributed by atoms with Crippen molar-refractivity contribution >= 4 is 6.34 Å². The average Bonchev–Trinajstić information content (AvgIpc) is 2.52. The summed E-state index contributed by atoms with van der Waals surface area (Å²) in [4.78, 5) is 6.10. The molecule has 0 aromatic carbocycles. The minimum absolute atomic E-state index is 0.663. The Balaban J connectivity index is 2.46. The fraction of sp³-hybridized carbons (Fsp3) is 0.667. The van der Waals surface area contributed by atoms with Crippen molar-refractivity contribution in [3.63, 3.8) is 0 Å². The van der Waals surface area contributed by atoms with Crippen molar-refractivity contribution in [2.45, 2.75) is 31.7 Å². The number of nitrogens with zero attached hydrogens (tertiary/aromatic N) is 2. The molecular weight excluding hydrogens is 136 g/mol. The van der Waals surface area contributed by atoms with E-state index in [1.165, 1.54) is 25.7 Å². The summed E-state index contributed by atoms with van der Waals surface area (Å²) in [5.41, 5.74) is 0. The summed E-state index contributed by atoms with van der Waals surface area (Å²) in [5, 5.41) is 0. The molecule has 0 amide bonds. The van der Waals surface area contributed by atoms with Gasteiger partial charge in [0.25, 0.3) is 0 Å². The smallest absolute Gasteiger partial charge is 0.0888 e. The first-order chi connectivity index (χ1) is 5.38. The van der Waals surface area contributed by atoms with E-state index < -0.39 is 0 Å². The third-order valence-corrected chi connectivity index (χ3v) is 2.21. The maximum Gasteiger partial charge on any atom is 0.0888 e. The van der Waals surface area contributed by atoms with Crippen LogP contribution in [0.15, 0.2) is 17.8 Å². The van der Waals surface area contributed by atoms with Crippen LogP contribution in [-0.4, -0.2) is 24.3 Å². The van der Waals surface area contributed by atoms with Crippen LogP contribution in [0.3, 0.4) is 0 Å². The zero-order valence-corrected chi connectivity index (χ0v) is 7.16. The molecule has 0 aliphatic heterocycles. The molecule has 0 atom stereocenters. The van der Waals surface area contributed by atoms with Crippen LogP contribution in [0.4, 0.5) is 0 Å². The van der Waals surface area contributed by atoms with Gasteiger partial charge in [0.2, 0.25) is 0 Å². The Bertz CT molecular complexity index is 146. The van der Waals surface area contributed by atoms with Crippen molar-refractivity contribution in [3.05, 3.63) is 12.8 Å². The zero-order valence-electron chi connectivity index (χ0n) is 7.16. The Labute approximate surface area is 68.6 Å². The van der Waals surface area contributed by atoms with Gasteiger partial charge in [-0.1, -0.05) is 19.4 Å². The Morgan fingerprint density at radius 1 is 1.45 bits per heavy atom. The van der Waals surface area contributed by atoms with E-state index in [4.69, 9.17) is 0 Å². The lowest BCUT2D eigenvalue weighted by molar-refractivity contribution is 0.418. The highest BCUT2D eigenvalue weighted by molar-refractivity contribution is 5.56. The molecule has 0 spiro atoms. The van der Waals surface area contributed by atoms with Crippen molar-refractivity contribution in [3.8, 4) is 0 Å². The first-order valence-electron chi connectivity index (χ1n) is 4.20. The van der Waals surface area contributed by atoms with Gasteiger partial charge in [-0.25, -0.2) is 0 Å². The summed E-state index contributed by atoms with van der Waals surface area (Å²) in [5.74, 6) is 0. The van der Waals surface area contributed by atoms with Gasteiger partial charge >= 0.3 is 0 Å². The third-order valence-electron chi connectivity index (χ3n) is 2.21. The molecule has 0 aromatic heterocycles. The Morgan fingerprint density at radius 2 is 2.09 bits per heavy atom. The van der Waals surface area contributed by atoms with Crippen LogP contribution in [-0.2, 0) is 0 Å². The number of aliphatic imine (C=N–C) groups is 1. The summed E-state index contributed by atoms with van der Waals surface area (Å²) < 4.78 is 0. The van der Waals surface area contributed by atoms with Gasteiger partial charge in [-0.15, -0.1) is 0 Å². The molecule has 0 aromatic rings. The molecule has 1 aliphatic rings. The summed E-state index contributed by atoms with van der Waals surface area (Å²) in [7, 11) is 1.80. The van der Waals surface area contributed by atoms with Crippen LogP contribution in [0.25, 0.3) is 0 Å². The van der Waals surface area contributed by atoms with E-state index in [1.807, 2.05) is 12.5 Å². The van der Waals surface area contributed by atoms with Gasteiger partial charge in [-0.2, -0.15) is 0 Å². The van der Waals surface area contributed by atoms with Crippen LogP contribution >= 0.6 is 0 Å². The van der Waals surface area contributed by atoms with Gasteiger partial charge in [0.05, 0.1) is 6.34 Å². The molecule has 0 unspecified atom stereocenters. The lowest BCUT2D eigenvalue weighted by atomic mass is 10.2. The van der Waals surface area contributed by atoms with Crippen LogP contribution in [0.5, 0.6) is 0 Å². The molecule has 62 valence electrons. The second kappa shape index (κ2) is 4.16. The van der Waals surface area contributed by atoms with Gasteiger partial charge < -0.3 is 4.90 Å². The van der Waals surface area contributed by atoms with Gasteiger partial charge in [0, 0.05) is 13.1 Å². The Hall–Kier alpha value is -0.790. The maximum absolute atomic E-state index is 3.98. The molecule has 0 heterocycles. The minimum atomic E-state index is 0.663. The van der Waals surface area contributed by atoms with Crippen molar-refractivity contribution in [2.75, 3.05) is 7.05 Å². The summed E-state index contributed by atoms with van der Waals surface area (Å²) >= 11 is 0. The topological polar surface area (TPSA) is 15.6 Å². The minimum Gasteiger partial charge on any atom is -0.337 e. The second-order valence-electron chi connectivity index (χ2n) is 2.94. The van der Waals surface area contributed by atoms with E-state index in [0.717, 1.165) is 0 Å². The van der Waals surface area contributed by atoms with Crippen LogP contribution in [0.2, 0.25) is 0 Å². The van der Waals surface area contributed by atoms with Crippen molar-refractivity contribution in [1.82, 2.24) is 4.90 Å². The number of rotatable bonds is 3. The average molecular weight is 152 g/mol. The first-order valence-corrected chi connectivity index (χ1v) is 4.20. The number of hydrogen-bond acceptors (Lipinski definition) is 1. The predicted octanol–water partition coefficient (Wildman–Crippen LogP) is 2.03. The van der Waals surface area contributed by atoms with Gasteiger partial charge in [-0.3, -0.25) is 4.99 Å². The molecule has 1 rings (SSSR count). The summed E-state index contributed by atoms with van der Waals surface area (Å²) in [6.45, 7) is 3.76. The molecule has 2 nitrogen and oxygen atoms in total. The lowest BCUT2D eigenvalue weighted by Gasteiger charge is -2.21. The van der Waals surface area contributed by atoms with E-state index in [2.05, 4.69) is 16.5 Å². The van der Waals surface area contributed by atoms with Gasteiger partial charge in [0.1, 0.15) is 0 Å². The number of hydrogen-bond donors (Lipinski definition) is 0. The second-order valence-corrected chi connectivity index (χ2v) is 2.94. The first kappa shape index (κ1) is 8.31. The third kappa shape index (κ3) is 2.07. The highest BCUT2D eigenvalue weighted by Gasteiger charge is 2.18. The summed E-state index contributed by atoms with van der Waals surface area (Å²) in [6.07, 6.45) is 9.02. The molecule has 0 radical (unpaired) electrons. The normalized spacial score (nSPS) is 19.4. The van der Waals surface area contributed by atoms with E-state index in [0.29, 0.717) is 6.04 Å². The molecule has 1 aliphatic carbocycles. The SMILES string of the molecule is C=CN(C=NC)C1CCCC1. The molecule has 0 bridgehead atoms. The Kier molecular flexibility index (Phi) is 3.14. The fourth-order valence-corrected chi connectivity index (χ4v) is 1.63. The van der Waals surface area contributed by atoms with E-state index in [9.17, 15) is 0 Å². The molecule has 11 heavy (non-hydrogen) atoms. The molecule has 0 saturated heterocycles. The van der Waals surface area contributed by atoms with Crippen LogP contribution in [0, 0.1) is 0 Å². The van der Waals surface area contributed by atoms with Gasteiger partial charge in [-0.05, 0) is 19.0 Å². The highest BCUT2D eigenvalue weighted by atomic mass is 15.2. The van der Waals surface area contributed by atoms with Crippen molar-refractivity contribution in [1.29, 1.82) is 0 Å². The summed E-state index contributed by atoms with van der Waals surface area (Å²) in [6, 6.07) is 0.663. The van der Waals surface area contributed by atoms with Crippen LogP contribution < -0.4 is 0 Å². The van der Waals surface area contributed by atoms with E-state index in [-0.39, 0.29) is 0 Å².